The van der Waals surface area contributed by atoms with Crippen LogP contribution in [-0.4, -0.2) is 27.8 Å². The third kappa shape index (κ3) is 4.91. The van der Waals surface area contributed by atoms with E-state index in [9.17, 15) is 4.79 Å². The standard InChI is InChI=1S/C29H29N5O3/c1-18-8-7-10-21(14-18)16-37-24-13-12-22(15-25(24)36-4)27-26(20(3)32-29-30-17-31-34(27)29)28(35)33-23-11-6-5-9-19(23)2/h5-15,17,27H,16H2,1-4H3,(H,33,35)(H,30,31,32)/t27-/m1/s1. The van der Waals surface area contributed by atoms with Crippen molar-refractivity contribution in [2.24, 2.45) is 0 Å². The lowest BCUT2D eigenvalue weighted by Crippen LogP contribution is -2.31. The van der Waals surface area contributed by atoms with E-state index < -0.39 is 6.04 Å². The van der Waals surface area contributed by atoms with Gasteiger partial charge in [-0.05, 0) is 55.7 Å². The van der Waals surface area contributed by atoms with E-state index in [0.29, 0.717) is 35.3 Å². The minimum absolute atomic E-state index is 0.218. The molecule has 5 rings (SSSR count). The van der Waals surface area contributed by atoms with Gasteiger partial charge in [-0.15, -0.1) is 0 Å². The number of amides is 1. The zero-order valence-electron chi connectivity index (χ0n) is 21.3. The summed E-state index contributed by atoms with van der Waals surface area (Å²) in [5.74, 6) is 1.53. The molecule has 2 N–H and O–H groups in total. The predicted molar refractivity (Wildman–Crippen MR) is 143 cm³/mol. The number of benzene rings is 3. The van der Waals surface area contributed by atoms with E-state index in [1.54, 1.807) is 11.8 Å². The van der Waals surface area contributed by atoms with Crippen LogP contribution < -0.4 is 20.1 Å². The first-order chi connectivity index (χ1) is 17.9. The summed E-state index contributed by atoms with van der Waals surface area (Å²) in [6.07, 6.45) is 1.47. The van der Waals surface area contributed by atoms with Gasteiger partial charge in [-0.25, -0.2) is 4.68 Å². The van der Waals surface area contributed by atoms with E-state index in [1.807, 2.05) is 68.4 Å². The molecule has 0 saturated heterocycles. The zero-order chi connectivity index (χ0) is 25.9. The fourth-order valence-electron chi connectivity index (χ4n) is 4.53. The Bertz CT molecular complexity index is 1490. The molecule has 1 aliphatic rings. The Labute approximate surface area is 216 Å². The van der Waals surface area contributed by atoms with Crippen LogP contribution in [0.1, 0.15) is 35.2 Å². The van der Waals surface area contributed by atoms with E-state index in [2.05, 4.69) is 39.8 Å². The van der Waals surface area contributed by atoms with Crippen molar-refractivity contribution >= 4 is 17.5 Å². The van der Waals surface area contributed by atoms with Crippen LogP contribution in [0.5, 0.6) is 11.5 Å². The lowest BCUT2D eigenvalue weighted by atomic mass is 9.94. The predicted octanol–water partition coefficient (Wildman–Crippen LogP) is 5.41. The first-order valence-corrected chi connectivity index (χ1v) is 12.0. The highest BCUT2D eigenvalue weighted by Crippen LogP contribution is 2.39. The third-order valence-corrected chi connectivity index (χ3v) is 6.41. The Balaban J connectivity index is 1.48. The molecule has 8 nitrogen and oxygen atoms in total. The molecule has 1 amide bonds. The number of aryl methyl sites for hydroxylation is 2. The van der Waals surface area contributed by atoms with E-state index in [-0.39, 0.29) is 5.91 Å². The highest BCUT2D eigenvalue weighted by atomic mass is 16.5. The Morgan fingerprint density at radius 1 is 1.03 bits per heavy atom. The van der Waals surface area contributed by atoms with Gasteiger partial charge in [-0.1, -0.05) is 54.1 Å². The van der Waals surface area contributed by atoms with Crippen LogP contribution >= 0.6 is 0 Å². The Hall–Kier alpha value is -4.59. The summed E-state index contributed by atoms with van der Waals surface area (Å²) in [5.41, 5.74) is 6.05. The van der Waals surface area contributed by atoms with Crippen molar-refractivity contribution in [2.45, 2.75) is 33.4 Å². The monoisotopic (exact) mass is 495 g/mol. The molecule has 37 heavy (non-hydrogen) atoms. The fourth-order valence-corrected chi connectivity index (χ4v) is 4.53. The summed E-state index contributed by atoms with van der Waals surface area (Å²) in [6.45, 7) is 6.30. The Morgan fingerprint density at radius 2 is 1.86 bits per heavy atom. The molecule has 4 aromatic rings. The minimum Gasteiger partial charge on any atom is -0.493 e. The quantitative estimate of drug-likeness (QED) is 0.356. The van der Waals surface area contributed by atoms with Crippen LogP contribution in [0, 0.1) is 13.8 Å². The molecule has 0 saturated carbocycles. The number of hydrogen-bond donors (Lipinski definition) is 2. The highest BCUT2D eigenvalue weighted by molar-refractivity contribution is 6.06. The molecular formula is C29H29N5O3. The third-order valence-electron chi connectivity index (χ3n) is 6.41. The number of carbonyl (C=O) groups is 1. The number of para-hydroxylation sites is 1. The molecule has 0 unspecified atom stereocenters. The number of fused-ring (bicyclic) bond motifs is 1. The molecule has 1 aliphatic heterocycles. The Morgan fingerprint density at radius 3 is 2.65 bits per heavy atom. The average Bonchev–Trinajstić information content (AvgIpc) is 3.36. The molecule has 0 fully saturated rings. The van der Waals surface area contributed by atoms with Gasteiger partial charge in [0, 0.05) is 11.4 Å². The van der Waals surface area contributed by atoms with Crippen molar-refractivity contribution < 1.29 is 14.3 Å². The molecule has 0 spiro atoms. The van der Waals surface area contributed by atoms with Crippen molar-refractivity contribution in [3.05, 3.63) is 107 Å². The van der Waals surface area contributed by atoms with Crippen molar-refractivity contribution in [3.63, 3.8) is 0 Å². The lowest BCUT2D eigenvalue weighted by molar-refractivity contribution is -0.113. The number of nitrogens with one attached hydrogen (secondary N) is 2. The van der Waals surface area contributed by atoms with Gasteiger partial charge in [0.2, 0.25) is 5.95 Å². The zero-order valence-corrected chi connectivity index (χ0v) is 21.3. The van der Waals surface area contributed by atoms with E-state index in [0.717, 1.165) is 22.4 Å². The number of rotatable bonds is 7. The van der Waals surface area contributed by atoms with E-state index in [1.165, 1.54) is 11.9 Å². The van der Waals surface area contributed by atoms with Crippen molar-refractivity contribution in [3.8, 4) is 11.5 Å². The highest BCUT2D eigenvalue weighted by Gasteiger charge is 2.34. The summed E-state index contributed by atoms with van der Waals surface area (Å²) in [5, 5.41) is 10.7. The SMILES string of the molecule is COc1cc([C@@H]2C(C(=O)Nc3ccccc3C)=C(C)Nc3ncnn32)ccc1OCc1cccc(C)c1. The molecule has 2 heterocycles. The van der Waals surface area contributed by atoms with Gasteiger partial charge < -0.3 is 20.1 Å². The second-order valence-electron chi connectivity index (χ2n) is 9.05. The second kappa shape index (κ2) is 10.2. The van der Waals surface area contributed by atoms with Gasteiger partial charge in [-0.2, -0.15) is 10.1 Å². The van der Waals surface area contributed by atoms with Crippen LogP contribution in [0.15, 0.2) is 84.3 Å². The van der Waals surface area contributed by atoms with Crippen molar-refractivity contribution in [1.29, 1.82) is 0 Å². The molecule has 8 heteroatoms. The maximum Gasteiger partial charge on any atom is 0.255 e. The number of ether oxygens (including phenoxy) is 2. The van der Waals surface area contributed by atoms with Crippen molar-refractivity contribution in [1.82, 2.24) is 14.8 Å². The van der Waals surface area contributed by atoms with Gasteiger partial charge in [0.25, 0.3) is 5.91 Å². The molecular weight excluding hydrogens is 466 g/mol. The maximum atomic E-state index is 13.6. The fraction of sp³-hybridized carbons (Fsp3) is 0.207. The smallest absolute Gasteiger partial charge is 0.255 e. The molecule has 1 aromatic heterocycles. The van der Waals surface area contributed by atoms with Crippen molar-refractivity contribution in [2.75, 3.05) is 17.7 Å². The molecule has 188 valence electrons. The number of anilines is 2. The second-order valence-corrected chi connectivity index (χ2v) is 9.05. The number of nitrogens with zero attached hydrogens (tertiary/aromatic N) is 3. The summed E-state index contributed by atoms with van der Waals surface area (Å²) in [7, 11) is 1.61. The first-order valence-electron chi connectivity index (χ1n) is 12.0. The van der Waals surface area contributed by atoms with Crippen LogP contribution in [0.2, 0.25) is 0 Å². The molecule has 3 aromatic carbocycles. The average molecular weight is 496 g/mol. The topological polar surface area (TPSA) is 90.3 Å². The number of methoxy groups -OCH3 is 1. The van der Waals surface area contributed by atoms with Gasteiger partial charge >= 0.3 is 0 Å². The van der Waals surface area contributed by atoms with E-state index >= 15 is 0 Å². The van der Waals surface area contributed by atoms with E-state index in [4.69, 9.17) is 9.47 Å². The first kappa shape index (κ1) is 24.1. The molecule has 0 aliphatic carbocycles. The van der Waals surface area contributed by atoms with Crippen LogP contribution in [0.3, 0.4) is 0 Å². The maximum absolute atomic E-state index is 13.6. The summed E-state index contributed by atoms with van der Waals surface area (Å²) in [4.78, 5) is 18.0. The summed E-state index contributed by atoms with van der Waals surface area (Å²) >= 11 is 0. The van der Waals surface area contributed by atoms with Crippen LogP contribution in [0.25, 0.3) is 0 Å². The minimum atomic E-state index is -0.512. The molecule has 1 atom stereocenters. The number of carbonyl (C=O) groups excluding carboxylic acids is 1. The Kier molecular flexibility index (Phi) is 6.64. The van der Waals surface area contributed by atoms with Gasteiger partial charge in [0.15, 0.2) is 11.5 Å². The molecule has 0 radical (unpaired) electrons. The van der Waals surface area contributed by atoms with Crippen LogP contribution in [0.4, 0.5) is 11.6 Å². The van der Waals surface area contributed by atoms with Gasteiger partial charge in [0.1, 0.15) is 19.0 Å². The van der Waals surface area contributed by atoms with Gasteiger partial charge in [-0.3, -0.25) is 4.79 Å². The summed E-state index contributed by atoms with van der Waals surface area (Å²) in [6, 6.07) is 21.1. The lowest BCUT2D eigenvalue weighted by Gasteiger charge is -2.29. The van der Waals surface area contributed by atoms with Gasteiger partial charge in [0.05, 0.1) is 12.7 Å². The number of allylic oxidation sites excluding steroid dienone is 1. The van der Waals surface area contributed by atoms with Crippen LogP contribution in [-0.2, 0) is 11.4 Å². The largest absolute Gasteiger partial charge is 0.493 e. The molecule has 0 bridgehead atoms. The number of aromatic nitrogens is 3. The number of hydrogen-bond acceptors (Lipinski definition) is 6. The summed E-state index contributed by atoms with van der Waals surface area (Å²) < 4.78 is 13.5. The normalized spacial score (nSPS) is 14.5.